The van der Waals surface area contributed by atoms with E-state index in [1.54, 1.807) is 42.2 Å². The summed E-state index contributed by atoms with van der Waals surface area (Å²) in [6.07, 6.45) is -0.627. The molecule has 4 nitrogen and oxygen atoms in total. The Labute approximate surface area is 165 Å². The van der Waals surface area contributed by atoms with E-state index in [1.165, 1.54) is 0 Å². The summed E-state index contributed by atoms with van der Waals surface area (Å²) in [7, 11) is 0. The minimum Gasteiger partial charge on any atom is -0.481 e. The van der Waals surface area contributed by atoms with Crippen LogP contribution in [0.2, 0.25) is 5.02 Å². The number of aromatic nitrogens is 1. The number of aryl methyl sites for hydroxylation is 1. The van der Waals surface area contributed by atoms with E-state index in [1.807, 2.05) is 31.2 Å². The maximum Gasteiger partial charge on any atom is 0.265 e. The number of thioether (sulfide) groups is 1. The molecule has 1 aromatic heterocycles. The zero-order valence-electron chi connectivity index (χ0n) is 14.7. The van der Waals surface area contributed by atoms with E-state index < -0.39 is 6.10 Å². The van der Waals surface area contributed by atoms with Crippen molar-refractivity contribution in [1.82, 2.24) is 4.98 Å². The highest BCUT2D eigenvalue weighted by Gasteiger charge is 2.16. The monoisotopic (exact) mass is 406 g/mol. The average Bonchev–Trinajstić information content (AvgIpc) is 2.99. The zero-order chi connectivity index (χ0) is 18.7. The molecule has 7 heteroatoms. The predicted octanol–water partition coefficient (Wildman–Crippen LogP) is 5.78. The third-order valence-corrected chi connectivity index (χ3v) is 5.99. The third-order valence-electron chi connectivity index (χ3n) is 3.71. The molecule has 0 spiro atoms. The van der Waals surface area contributed by atoms with Gasteiger partial charge in [0.25, 0.3) is 5.91 Å². The van der Waals surface area contributed by atoms with Gasteiger partial charge >= 0.3 is 0 Å². The molecule has 26 heavy (non-hydrogen) atoms. The van der Waals surface area contributed by atoms with Crippen LogP contribution in [0, 0.1) is 6.92 Å². The van der Waals surface area contributed by atoms with Gasteiger partial charge in [-0.1, -0.05) is 30.3 Å². The van der Waals surface area contributed by atoms with E-state index >= 15 is 0 Å². The molecular weight excluding hydrogens is 388 g/mol. The molecule has 0 bridgehead atoms. The van der Waals surface area contributed by atoms with Crippen LogP contribution in [0.3, 0.4) is 0 Å². The molecule has 0 aliphatic heterocycles. The molecular formula is C19H19ClN2O2S2. The Hall–Kier alpha value is -1.76. The van der Waals surface area contributed by atoms with Crippen LogP contribution >= 0.6 is 34.7 Å². The van der Waals surface area contributed by atoms with E-state index in [9.17, 15) is 4.79 Å². The van der Waals surface area contributed by atoms with Gasteiger partial charge in [0.2, 0.25) is 0 Å². The number of anilines is 1. The topological polar surface area (TPSA) is 51.2 Å². The molecule has 0 saturated heterocycles. The molecule has 0 saturated carbocycles. The second kappa shape index (κ2) is 8.29. The second-order valence-electron chi connectivity index (χ2n) is 5.75. The molecule has 0 unspecified atom stereocenters. The lowest BCUT2D eigenvalue weighted by atomic mass is 10.2. The molecule has 0 fully saturated rings. The van der Waals surface area contributed by atoms with Gasteiger partial charge in [0, 0.05) is 10.7 Å². The molecule has 3 rings (SSSR count). The fourth-order valence-corrected chi connectivity index (χ4v) is 4.63. The van der Waals surface area contributed by atoms with Crippen LogP contribution in [0.4, 0.5) is 5.69 Å². The first-order chi connectivity index (χ1) is 12.5. The Morgan fingerprint density at radius 3 is 2.88 bits per heavy atom. The van der Waals surface area contributed by atoms with Gasteiger partial charge in [-0.15, -0.1) is 11.3 Å². The average molecular weight is 407 g/mol. The van der Waals surface area contributed by atoms with Crippen molar-refractivity contribution in [1.29, 1.82) is 0 Å². The van der Waals surface area contributed by atoms with Crippen LogP contribution < -0.4 is 10.1 Å². The number of rotatable bonds is 6. The number of nitrogens with zero attached hydrogens (tertiary/aromatic N) is 1. The molecule has 0 radical (unpaired) electrons. The lowest BCUT2D eigenvalue weighted by molar-refractivity contribution is -0.122. The van der Waals surface area contributed by atoms with Gasteiger partial charge in [0.1, 0.15) is 5.75 Å². The van der Waals surface area contributed by atoms with Crippen molar-refractivity contribution in [2.75, 3.05) is 11.1 Å². The normalized spacial score (nSPS) is 12.2. The number of carbonyl (C=O) groups excluding carboxylic acids is 1. The first kappa shape index (κ1) is 19.0. The second-order valence-corrected chi connectivity index (χ2v) is 8.73. The van der Waals surface area contributed by atoms with Gasteiger partial charge in [-0.3, -0.25) is 4.79 Å². The molecule has 1 N–H and O–H groups in total. The number of fused-ring (bicyclic) bond motifs is 1. The highest BCUT2D eigenvalue weighted by atomic mass is 35.5. The SMILES string of the molecule is CCSc1nc2ccc(NC(=O)[C@H](C)Oc3ccc(Cl)cc3C)cc2s1. The largest absolute Gasteiger partial charge is 0.481 e. The van der Waals surface area contributed by atoms with Crippen molar-refractivity contribution in [3.8, 4) is 5.75 Å². The van der Waals surface area contributed by atoms with E-state index in [-0.39, 0.29) is 5.91 Å². The Balaban J connectivity index is 1.69. The van der Waals surface area contributed by atoms with Crippen LogP contribution in [0.5, 0.6) is 5.75 Å². The number of hydrogen-bond acceptors (Lipinski definition) is 5. The maximum atomic E-state index is 12.5. The Bertz CT molecular complexity index is 942. The van der Waals surface area contributed by atoms with Crippen molar-refractivity contribution >= 4 is 56.5 Å². The molecule has 0 aliphatic carbocycles. The summed E-state index contributed by atoms with van der Waals surface area (Å²) in [6, 6.07) is 11.1. The molecule has 1 amide bonds. The van der Waals surface area contributed by atoms with Gasteiger partial charge in [-0.25, -0.2) is 4.98 Å². The highest BCUT2D eigenvalue weighted by Crippen LogP contribution is 2.31. The predicted molar refractivity (Wildman–Crippen MR) is 111 cm³/mol. The molecule has 1 heterocycles. The summed E-state index contributed by atoms with van der Waals surface area (Å²) in [5.41, 5.74) is 2.58. The first-order valence-electron chi connectivity index (χ1n) is 8.23. The van der Waals surface area contributed by atoms with Crippen molar-refractivity contribution in [3.63, 3.8) is 0 Å². The number of thiazole rings is 1. The summed E-state index contributed by atoms with van der Waals surface area (Å²) in [6.45, 7) is 5.73. The van der Waals surface area contributed by atoms with Gasteiger partial charge in [0.05, 0.1) is 10.2 Å². The minimum atomic E-state index is -0.627. The summed E-state index contributed by atoms with van der Waals surface area (Å²) in [5.74, 6) is 1.44. The number of nitrogens with one attached hydrogen (secondary N) is 1. The van der Waals surface area contributed by atoms with Crippen LogP contribution in [0.25, 0.3) is 10.2 Å². The number of carbonyl (C=O) groups is 1. The van der Waals surface area contributed by atoms with Crippen LogP contribution in [-0.2, 0) is 4.79 Å². The summed E-state index contributed by atoms with van der Waals surface area (Å²) in [4.78, 5) is 17.0. The number of hydrogen-bond donors (Lipinski definition) is 1. The quantitative estimate of drug-likeness (QED) is 0.527. The van der Waals surface area contributed by atoms with E-state index in [0.717, 1.165) is 31.6 Å². The molecule has 1 atom stereocenters. The number of benzene rings is 2. The Kier molecular flexibility index (Phi) is 6.06. The summed E-state index contributed by atoms with van der Waals surface area (Å²) < 4.78 is 7.87. The van der Waals surface area contributed by atoms with Gasteiger partial charge in [0.15, 0.2) is 10.4 Å². The van der Waals surface area contributed by atoms with Gasteiger partial charge in [-0.05, 0) is 61.6 Å². The zero-order valence-corrected chi connectivity index (χ0v) is 17.1. The van der Waals surface area contributed by atoms with Crippen LogP contribution in [-0.4, -0.2) is 22.7 Å². The Morgan fingerprint density at radius 2 is 2.15 bits per heavy atom. The summed E-state index contributed by atoms with van der Waals surface area (Å²) in [5, 5.41) is 3.55. The number of halogens is 1. The van der Waals surface area contributed by atoms with Crippen molar-refractivity contribution < 1.29 is 9.53 Å². The fourth-order valence-electron chi connectivity index (χ4n) is 2.40. The van der Waals surface area contributed by atoms with Crippen LogP contribution in [0.1, 0.15) is 19.4 Å². The van der Waals surface area contributed by atoms with Crippen molar-refractivity contribution in [2.24, 2.45) is 0 Å². The minimum absolute atomic E-state index is 0.202. The van der Waals surface area contributed by atoms with Crippen LogP contribution in [0.15, 0.2) is 40.7 Å². The lowest BCUT2D eigenvalue weighted by Gasteiger charge is -2.16. The molecule has 0 aliphatic rings. The Morgan fingerprint density at radius 1 is 1.35 bits per heavy atom. The van der Waals surface area contributed by atoms with E-state index in [2.05, 4.69) is 17.2 Å². The van der Waals surface area contributed by atoms with E-state index in [4.69, 9.17) is 16.3 Å². The van der Waals surface area contributed by atoms with Crippen molar-refractivity contribution in [3.05, 3.63) is 47.0 Å². The maximum absolute atomic E-state index is 12.5. The van der Waals surface area contributed by atoms with E-state index in [0.29, 0.717) is 10.8 Å². The molecule has 136 valence electrons. The van der Waals surface area contributed by atoms with Gasteiger partial charge in [-0.2, -0.15) is 0 Å². The first-order valence-corrected chi connectivity index (χ1v) is 10.4. The standard InChI is InChI=1S/C19H19ClN2O2S2/c1-4-25-19-22-15-7-6-14(10-17(15)26-19)21-18(23)12(3)24-16-8-5-13(20)9-11(16)2/h5-10,12H,4H2,1-3H3,(H,21,23)/t12-/m0/s1. The fraction of sp³-hybridized carbons (Fsp3) is 0.263. The number of amides is 1. The number of ether oxygens (including phenoxy) is 1. The lowest BCUT2D eigenvalue weighted by Crippen LogP contribution is -2.30. The summed E-state index contributed by atoms with van der Waals surface area (Å²) >= 11 is 9.31. The van der Waals surface area contributed by atoms with Crippen molar-refractivity contribution in [2.45, 2.75) is 31.2 Å². The molecule has 3 aromatic rings. The van der Waals surface area contributed by atoms with Gasteiger partial charge < -0.3 is 10.1 Å². The third kappa shape index (κ3) is 4.50. The molecule has 2 aromatic carbocycles. The highest BCUT2D eigenvalue weighted by molar-refractivity contribution is 8.01. The smallest absolute Gasteiger partial charge is 0.265 e.